The lowest BCUT2D eigenvalue weighted by molar-refractivity contribution is -0.119. The Balaban J connectivity index is 2.72. The van der Waals surface area contributed by atoms with Gasteiger partial charge >= 0.3 is 0 Å². The molecule has 3 N–H and O–H groups in total. The van der Waals surface area contributed by atoms with E-state index in [0.29, 0.717) is 19.0 Å². The lowest BCUT2D eigenvalue weighted by atomic mass is 9.92. The molecule has 1 atom stereocenters. The van der Waals surface area contributed by atoms with Crippen molar-refractivity contribution < 1.29 is 19.4 Å². The molecule has 0 aliphatic heterocycles. The van der Waals surface area contributed by atoms with Crippen LogP contribution in [0.5, 0.6) is 11.5 Å². The Morgan fingerprint density at radius 2 is 2.00 bits per heavy atom. The summed E-state index contributed by atoms with van der Waals surface area (Å²) in [5.41, 5.74) is 6.35. The van der Waals surface area contributed by atoms with E-state index >= 15 is 0 Å². The molecular weight excluding hydrogens is 294 g/mol. The Labute approximate surface area is 138 Å². The summed E-state index contributed by atoms with van der Waals surface area (Å²) in [7, 11) is 1.63. The first-order chi connectivity index (χ1) is 11.1. The average molecular weight is 323 g/mol. The molecule has 0 radical (unpaired) electrons. The Morgan fingerprint density at radius 1 is 1.22 bits per heavy atom. The molecule has 1 aromatic rings. The van der Waals surface area contributed by atoms with Gasteiger partial charge in [-0.05, 0) is 24.1 Å². The molecule has 5 nitrogen and oxygen atoms in total. The number of carbonyl (C=O) groups is 1. The molecule has 23 heavy (non-hydrogen) atoms. The largest absolute Gasteiger partial charge is 0.504 e. The molecule has 1 unspecified atom stereocenters. The van der Waals surface area contributed by atoms with Gasteiger partial charge in [0.2, 0.25) is 5.91 Å². The normalized spacial score (nSPS) is 12.1. The maximum atomic E-state index is 11.8. The number of rotatable bonds is 12. The zero-order valence-corrected chi connectivity index (χ0v) is 14.2. The molecule has 5 heteroatoms. The predicted octanol–water partition coefficient (Wildman–Crippen LogP) is 3.35. The number of aromatic hydroxyl groups is 1. The fraction of sp³-hybridized carbons (Fsp3) is 0.611. The van der Waals surface area contributed by atoms with Gasteiger partial charge in [-0.15, -0.1) is 0 Å². The van der Waals surface area contributed by atoms with Crippen LogP contribution < -0.4 is 10.5 Å². The van der Waals surface area contributed by atoms with E-state index in [1.54, 1.807) is 25.3 Å². The molecule has 0 saturated heterocycles. The van der Waals surface area contributed by atoms with Crippen LogP contribution in [0, 0.1) is 0 Å². The van der Waals surface area contributed by atoms with Crippen LogP contribution in [-0.4, -0.2) is 31.3 Å². The number of hydrogen-bond acceptors (Lipinski definition) is 4. The second kappa shape index (κ2) is 10.9. The minimum absolute atomic E-state index is 0.0698. The fourth-order valence-electron chi connectivity index (χ4n) is 2.50. The van der Waals surface area contributed by atoms with Gasteiger partial charge in [0.1, 0.15) is 0 Å². The van der Waals surface area contributed by atoms with Crippen molar-refractivity contribution in [3.63, 3.8) is 0 Å². The van der Waals surface area contributed by atoms with Crippen molar-refractivity contribution in [2.75, 3.05) is 20.3 Å². The van der Waals surface area contributed by atoms with Gasteiger partial charge in [0.25, 0.3) is 0 Å². The number of amides is 1. The standard InChI is InChI=1S/C18H29NO4/c1-3-4-5-6-8-15(18(19)21)14-9-10-16(20)17(13-14)23-12-7-11-22-2/h9-10,13,15,20H,3-8,11-12H2,1-2H3,(H2,19,21). The smallest absolute Gasteiger partial charge is 0.224 e. The van der Waals surface area contributed by atoms with E-state index in [9.17, 15) is 9.90 Å². The molecule has 0 heterocycles. The number of unbranched alkanes of at least 4 members (excludes halogenated alkanes) is 3. The highest BCUT2D eigenvalue weighted by Gasteiger charge is 2.19. The second-order valence-corrected chi connectivity index (χ2v) is 5.73. The minimum atomic E-state index is -0.339. The van der Waals surface area contributed by atoms with Gasteiger partial charge < -0.3 is 20.3 Å². The van der Waals surface area contributed by atoms with Gasteiger partial charge in [-0.25, -0.2) is 0 Å². The first-order valence-corrected chi connectivity index (χ1v) is 8.34. The number of phenolic OH excluding ortho intramolecular Hbond substituents is 1. The molecule has 0 bridgehead atoms. The maximum absolute atomic E-state index is 11.8. The third-order valence-electron chi connectivity index (χ3n) is 3.83. The topological polar surface area (TPSA) is 81.8 Å². The number of carbonyl (C=O) groups excluding carboxylic acids is 1. The molecule has 0 aliphatic carbocycles. The first kappa shape index (κ1) is 19.3. The van der Waals surface area contributed by atoms with Crippen LogP contribution in [0.1, 0.15) is 56.9 Å². The maximum Gasteiger partial charge on any atom is 0.224 e. The van der Waals surface area contributed by atoms with Crippen LogP contribution in [0.25, 0.3) is 0 Å². The molecule has 0 saturated carbocycles. The lowest BCUT2D eigenvalue weighted by Crippen LogP contribution is -2.21. The van der Waals surface area contributed by atoms with Crippen LogP contribution in [-0.2, 0) is 9.53 Å². The van der Waals surface area contributed by atoms with Gasteiger partial charge in [0.15, 0.2) is 11.5 Å². The molecule has 0 spiro atoms. The third-order valence-corrected chi connectivity index (χ3v) is 3.83. The van der Waals surface area contributed by atoms with Crippen LogP contribution in [0.2, 0.25) is 0 Å². The Kier molecular flexibility index (Phi) is 9.14. The van der Waals surface area contributed by atoms with Crippen molar-refractivity contribution in [1.82, 2.24) is 0 Å². The van der Waals surface area contributed by atoms with Crippen molar-refractivity contribution in [2.24, 2.45) is 5.73 Å². The van der Waals surface area contributed by atoms with E-state index in [2.05, 4.69) is 6.92 Å². The quantitative estimate of drug-likeness (QED) is 0.578. The van der Waals surface area contributed by atoms with E-state index < -0.39 is 0 Å². The van der Waals surface area contributed by atoms with E-state index in [0.717, 1.165) is 44.1 Å². The van der Waals surface area contributed by atoms with Gasteiger partial charge in [0.05, 0.1) is 12.5 Å². The molecule has 0 aliphatic rings. The number of benzene rings is 1. The first-order valence-electron chi connectivity index (χ1n) is 8.34. The number of hydrogen-bond donors (Lipinski definition) is 2. The fourth-order valence-corrected chi connectivity index (χ4v) is 2.50. The molecule has 130 valence electrons. The monoisotopic (exact) mass is 323 g/mol. The molecular formula is C18H29NO4. The minimum Gasteiger partial charge on any atom is -0.504 e. The van der Waals surface area contributed by atoms with Crippen molar-refractivity contribution in [3.05, 3.63) is 23.8 Å². The highest BCUT2D eigenvalue weighted by atomic mass is 16.5. The van der Waals surface area contributed by atoms with E-state index in [-0.39, 0.29) is 17.6 Å². The van der Waals surface area contributed by atoms with E-state index in [1.807, 2.05) is 0 Å². The summed E-state index contributed by atoms with van der Waals surface area (Å²) in [4.78, 5) is 11.8. The summed E-state index contributed by atoms with van der Waals surface area (Å²) in [5, 5.41) is 9.89. The molecule has 1 aromatic carbocycles. The summed E-state index contributed by atoms with van der Waals surface area (Å²) in [5.74, 6) is -0.218. The second-order valence-electron chi connectivity index (χ2n) is 5.73. The van der Waals surface area contributed by atoms with E-state index in [1.165, 1.54) is 0 Å². The number of nitrogens with two attached hydrogens (primary N) is 1. The van der Waals surface area contributed by atoms with Crippen LogP contribution in [0.4, 0.5) is 0 Å². The SMILES string of the molecule is CCCCCCC(C(N)=O)c1ccc(O)c(OCCCOC)c1. The van der Waals surface area contributed by atoms with Gasteiger partial charge in [-0.3, -0.25) is 4.79 Å². The Bertz CT molecular complexity index is 476. The predicted molar refractivity (Wildman–Crippen MR) is 90.8 cm³/mol. The number of phenols is 1. The van der Waals surface area contributed by atoms with Crippen molar-refractivity contribution in [1.29, 1.82) is 0 Å². The number of methoxy groups -OCH3 is 1. The molecule has 1 amide bonds. The summed E-state index contributed by atoms with van der Waals surface area (Å²) < 4.78 is 10.5. The summed E-state index contributed by atoms with van der Waals surface area (Å²) >= 11 is 0. The number of primary amides is 1. The molecule has 0 aromatic heterocycles. The highest BCUT2D eigenvalue weighted by Crippen LogP contribution is 2.32. The highest BCUT2D eigenvalue weighted by molar-refractivity contribution is 5.82. The van der Waals surface area contributed by atoms with Gasteiger partial charge in [-0.2, -0.15) is 0 Å². The van der Waals surface area contributed by atoms with Crippen LogP contribution in [0.15, 0.2) is 18.2 Å². The van der Waals surface area contributed by atoms with E-state index in [4.69, 9.17) is 15.2 Å². The number of ether oxygens (including phenoxy) is 2. The summed E-state index contributed by atoms with van der Waals surface area (Å²) in [6, 6.07) is 5.02. The Hall–Kier alpha value is -1.75. The van der Waals surface area contributed by atoms with Crippen LogP contribution >= 0.6 is 0 Å². The van der Waals surface area contributed by atoms with Crippen molar-refractivity contribution >= 4 is 5.91 Å². The summed E-state index contributed by atoms with van der Waals surface area (Å²) in [6.45, 7) is 3.20. The molecule has 0 fully saturated rings. The Morgan fingerprint density at radius 3 is 2.65 bits per heavy atom. The van der Waals surface area contributed by atoms with Gasteiger partial charge in [0, 0.05) is 20.1 Å². The zero-order valence-electron chi connectivity index (χ0n) is 14.2. The summed E-state index contributed by atoms with van der Waals surface area (Å²) in [6.07, 6.45) is 5.83. The molecule has 1 rings (SSSR count). The van der Waals surface area contributed by atoms with Crippen molar-refractivity contribution in [3.8, 4) is 11.5 Å². The zero-order chi connectivity index (χ0) is 17.1. The lowest BCUT2D eigenvalue weighted by Gasteiger charge is -2.16. The van der Waals surface area contributed by atoms with Crippen LogP contribution in [0.3, 0.4) is 0 Å². The third kappa shape index (κ3) is 6.91. The van der Waals surface area contributed by atoms with Gasteiger partial charge in [-0.1, -0.05) is 38.7 Å². The van der Waals surface area contributed by atoms with Crippen molar-refractivity contribution in [2.45, 2.75) is 51.4 Å². The average Bonchev–Trinajstić information content (AvgIpc) is 2.53.